The van der Waals surface area contributed by atoms with Crippen LogP contribution in [0.5, 0.6) is 0 Å². The van der Waals surface area contributed by atoms with E-state index in [-0.39, 0.29) is 5.91 Å². The first kappa shape index (κ1) is 18.1. The molecule has 1 saturated heterocycles. The Bertz CT molecular complexity index is 538. The fourth-order valence-electron chi connectivity index (χ4n) is 3.55. The number of hydrogen-bond acceptors (Lipinski definition) is 5. The third-order valence-corrected chi connectivity index (χ3v) is 5.04. The zero-order valence-corrected chi connectivity index (χ0v) is 15.0. The van der Waals surface area contributed by atoms with Gasteiger partial charge in [-0.3, -0.25) is 14.7 Å². The van der Waals surface area contributed by atoms with Crippen LogP contribution in [0.3, 0.4) is 0 Å². The molecule has 0 bridgehead atoms. The lowest BCUT2D eigenvalue weighted by molar-refractivity contribution is 0.0383. The normalized spacial score (nSPS) is 20.0. The van der Waals surface area contributed by atoms with Gasteiger partial charge in [-0.1, -0.05) is 25.7 Å². The minimum atomic E-state index is -0.0993. The number of aromatic nitrogens is 1. The number of carbonyl (C=O) groups excluding carboxylic acids is 1. The zero-order chi connectivity index (χ0) is 17.3. The number of ether oxygens (including phenoxy) is 1. The first-order chi connectivity index (χ1) is 12.3. The average Bonchev–Trinajstić information content (AvgIpc) is 2.91. The maximum Gasteiger partial charge on any atom is 0.269 e. The van der Waals surface area contributed by atoms with Crippen molar-refractivity contribution < 1.29 is 9.53 Å². The quantitative estimate of drug-likeness (QED) is 0.774. The lowest BCUT2D eigenvalue weighted by Gasteiger charge is -2.26. The number of anilines is 1. The Balaban J connectivity index is 1.47. The van der Waals surface area contributed by atoms with Crippen molar-refractivity contribution in [2.75, 3.05) is 44.7 Å². The van der Waals surface area contributed by atoms with Crippen LogP contribution >= 0.6 is 0 Å². The number of amides is 1. The maximum absolute atomic E-state index is 12.3. The molecule has 1 aromatic rings. The van der Waals surface area contributed by atoms with Crippen LogP contribution < -0.4 is 10.6 Å². The molecule has 0 radical (unpaired) electrons. The third kappa shape index (κ3) is 5.97. The number of nitrogens with one attached hydrogen (secondary N) is 2. The van der Waals surface area contributed by atoms with Crippen molar-refractivity contribution in [2.45, 2.75) is 44.6 Å². The van der Waals surface area contributed by atoms with E-state index in [1.165, 1.54) is 38.5 Å². The first-order valence-electron chi connectivity index (χ1n) is 9.62. The Morgan fingerprint density at radius 3 is 2.72 bits per heavy atom. The molecular weight excluding hydrogens is 316 g/mol. The molecule has 2 heterocycles. The fraction of sp³-hybridized carbons (Fsp3) is 0.684. The molecule has 0 spiro atoms. The number of hydrogen-bond donors (Lipinski definition) is 2. The summed E-state index contributed by atoms with van der Waals surface area (Å²) in [4.78, 5) is 18.9. The summed E-state index contributed by atoms with van der Waals surface area (Å²) in [6, 6.07) is 4.34. The standard InChI is InChI=1S/C19H30N4O2/c24-19(21-9-10-23-11-13-25-14-12-23)18-15-17(7-8-20-18)22-16-5-3-1-2-4-6-16/h7-8,15-16H,1-6,9-14H2,(H,20,22)(H,21,24). The van der Waals surface area contributed by atoms with E-state index in [0.717, 1.165) is 38.5 Å². The van der Waals surface area contributed by atoms with Crippen LogP contribution in [0.1, 0.15) is 49.0 Å². The predicted octanol–water partition coefficient (Wildman–Crippen LogP) is 2.28. The largest absolute Gasteiger partial charge is 0.382 e. The highest BCUT2D eigenvalue weighted by Gasteiger charge is 2.14. The number of carbonyl (C=O) groups is 1. The molecule has 1 saturated carbocycles. The van der Waals surface area contributed by atoms with Crippen LogP contribution in [0.4, 0.5) is 5.69 Å². The summed E-state index contributed by atoms with van der Waals surface area (Å²) >= 11 is 0. The summed E-state index contributed by atoms with van der Waals surface area (Å²) in [6.45, 7) is 4.94. The minimum Gasteiger partial charge on any atom is -0.382 e. The van der Waals surface area contributed by atoms with Crippen molar-refractivity contribution in [1.29, 1.82) is 0 Å². The van der Waals surface area contributed by atoms with Gasteiger partial charge in [-0.15, -0.1) is 0 Å². The molecule has 6 nitrogen and oxygen atoms in total. The molecule has 25 heavy (non-hydrogen) atoms. The highest BCUT2D eigenvalue weighted by atomic mass is 16.5. The topological polar surface area (TPSA) is 66.5 Å². The van der Waals surface area contributed by atoms with Gasteiger partial charge in [0.25, 0.3) is 5.91 Å². The molecule has 0 unspecified atom stereocenters. The molecule has 0 aromatic carbocycles. The molecule has 6 heteroatoms. The van der Waals surface area contributed by atoms with Crippen LogP contribution in [-0.2, 0) is 4.74 Å². The second-order valence-electron chi connectivity index (χ2n) is 6.97. The van der Waals surface area contributed by atoms with Gasteiger partial charge in [-0.05, 0) is 25.0 Å². The Labute approximate surface area is 150 Å². The summed E-state index contributed by atoms with van der Waals surface area (Å²) < 4.78 is 5.33. The molecule has 2 aliphatic rings. The number of pyridine rings is 1. The molecular formula is C19H30N4O2. The molecule has 138 valence electrons. The lowest BCUT2D eigenvalue weighted by Crippen LogP contribution is -2.41. The summed E-state index contributed by atoms with van der Waals surface area (Å²) in [7, 11) is 0. The monoisotopic (exact) mass is 346 g/mol. The third-order valence-electron chi connectivity index (χ3n) is 5.04. The van der Waals surface area contributed by atoms with Gasteiger partial charge >= 0.3 is 0 Å². The Kier molecular flexibility index (Phi) is 7.06. The Morgan fingerprint density at radius 1 is 1.20 bits per heavy atom. The van der Waals surface area contributed by atoms with E-state index >= 15 is 0 Å². The van der Waals surface area contributed by atoms with Crippen molar-refractivity contribution in [1.82, 2.24) is 15.2 Å². The van der Waals surface area contributed by atoms with E-state index in [4.69, 9.17) is 4.74 Å². The zero-order valence-electron chi connectivity index (χ0n) is 15.0. The molecule has 3 rings (SSSR count). The predicted molar refractivity (Wildman–Crippen MR) is 98.9 cm³/mol. The Hall–Kier alpha value is -1.66. The molecule has 0 atom stereocenters. The lowest BCUT2D eigenvalue weighted by atomic mass is 10.1. The van der Waals surface area contributed by atoms with Crippen molar-refractivity contribution in [3.63, 3.8) is 0 Å². The van der Waals surface area contributed by atoms with Crippen LogP contribution in [-0.4, -0.2) is 61.2 Å². The first-order valence-corrected chi connectivity index (χ1v) is 9.62. The molecule has 2 N–H and O–H groups in total. The van der Waals surface area contributed by atoms with E-state index in [2.05, 4.69) is 20.5 Å². The van der Waals surface area contributed by atoms with E-state index in [9.17, 15) is 4.79 Å². The van der Waals surface area contributed by atoms with Gasteiger partial charge in [-0.2, -0.15) is 0 Å². The maximum atomic E-state index is 12.3. The van der Waals surface area contributed by atoms with Crippen molar-refractivity contribution in [3.8, 4) is 0 Å². The van der Waals surface area contributed by atoms with Crippen LogP contribution in [0.15, 0.2) is 18.3 Å². The Morgan fingerprint density at radius 2 is 1.96 bits per heavy atom. The summed E-state index contributed by atoms with van der Waals surface area (Å²) in [5, 5.41) is 6.56. The fourth-order valence-corrected chi connectivity index (χ4v) is 3.55. The van der Waals surface area contributed by atoms with E-state index in [1.807, 2.05) is 12.1 Å². The van der Waals surface area contributed by atoms with Crippen molar-refractivity contribution in [2.24, 2.45) is 0 Å². The molecule has 1 aliphatic heterocycles. The minimum absolute atomic E-state index is 0.0993. The van der Waals surface area contributed by atoms with Gasteiger partial charge < -0.3 is 15.4 Å². The summed E-state index contributed by atoms with van der Waals surface area (Å²) in [5.41, 5.74) is 1.49. The second kappa shape index (κ2) is 9.73. The van der Waals surface area contributed by atoms with Crippen LogP contribution in [0.2, 0.25) is 0 Å². The van der Waals surface area contributed by atoms with Gasteiger partial charge in [0.15, 0.2) is 0 Å². The van der Waals surface area contributed by atoms with Crippen LogP contribution in [0.25, 0.3) is 0 Å². The SMILES string of the molecule is O=C(NCCN1CCOCC1)c1cc(NC2CCCCCC2)ccn1. The van der Waals surface area contributed by atoms with E-state index in [1.54, 1.807) is 6.20 Å². The van der Waals surface area contributed by atoms with Gasteiger partial charge in [0.05, 0.1) is 13.2 Å². The second-order valence-corrected chi connectivity index (χ2v) is 6.97. The van der Waals surface area contributed by atoms with Crippen molar-refractivity contribution >= 4 is 11.6 Å². The molecule has 1 amide bonds. The van der Waals surface area contributed by atoms with Gasteiger partial charge in [0, 0.05) is 44.1 Å². The van der Waals surface area contributed by atoms with Crippen molar-refractivity contribution in [3.05, 3.63) is 24.0 Å². The number of morpholine rings is 1. The average molecular weight is 346 g/mol. The summed E-state index contributed by atoms with van der Waals surface area (Å²) in [5.74, 6) is -0.0993. The van der Waals surface area contributed by atoms with Gasteiger partial charge in [0.2, 0.25) is 0 Å². The van der Waals surface area contributed by atoms with E-state index in [0.29, 0.717) is 18.3 Å². The highest BCUT2D eigenvalue weighted by molar-refractivity contribution is 5.93. The molecule has 2 fully saturated rings. The number of nitrogens with zero attached hydrogens (tertiary/aromatic N) is 2. The van der Waals surface area contributed by atoms with E-state index < -0.39 is 0 Å². The molecule has 1 aromatic heterocycles. The smallest absolute Gasteiger partial charge is 0.269 e. The van der Waals surface area contributed by atoms with Crippen LogP contribution in [0, 0.1) is 0 Å². The van der Waals surface area contributed by atoms with Gasteiger partial charge in [-0.25, -0.2) is 0 Å². The summed E-state index contributed by atoms with van der Waals surface area (Å²) in [6.07, 6.45) is 9.40. The highest BCUT2D eigenvalue weighted by Crippen LogP contribution is 2.21. The van der Waals surface area contributed by atoms with Gasteiger partial charge in [0.1, 0.15) is 5.69 Å². The molecule has 1 aliphatic carbocycles. The number of rotatable bonds is 6.